The number of rotatable bonds is 7. The zero-order valence-corrected chi connectivity index (χ0v) is 17.0. The van der Waals surface area contributed by atoms with E-state index in [0.717, 1.165) is 64.6 Å². The third-order valence-corrected chi connectivity index (χ3v) is 5.94. The monoisotopic (exact) mass is 393 g/mol. The van der Waals surface area contributed by atoms with Crippen LogP contribution in [0.3, 0.4) is 0 Å². The maximum Gasteiger partial charge on any atom is 0.236 e. The van der Waals surface area contributed by atoms with Crippen molar-refractivity contribution in [2.75, 3.05) is 57.7 Å². The van der Waals surface area contributed by atoms with Crippen molar-refractivity contribution in [3.8, 4) is 0 Å². The molecule has 0 radical (unpaired) electrons. The fourth-order valence-electron chi connectivity index (χ4n) is 4.23. The normalized spacial score (nSPS) is 20.7. The molecule has 1 unspecified atom stereocenters. The van der Waals surface area contributed by atoms with Crippen molar-refractivity contribution in [1.82, 2.24) is 19.7 Å². The van der Waals surface area contributed by atoms with Crippen LogP contribution >= 0.6 is 0 Å². The molecule has 1 amide bonds. The summed E-state index contributed by atoms with van der Waals surface area (Å²) in [7, 11) is 0. The van der Waals surface area contributed by atoms with E-state index in [4.69, 9.17) is 0 Å². The number of carbonyl (C=O) groups is 1. The van der Waals surface area contributed by atoms with E-state index in [9.17, 15) is 4.79 Å². The van der Waals surface area contributed by atoms with Gasteiger partial charge in [0, 0.05) is 52.0 Å². The minimum atomic E-state index is 0.280. The van der Waals surface area contributed by atoms with Gasteiger partial charge in [-0.2, -0.15) is 0 Å². The number of likely N-dealkylation sites (tertiary alicyclic amines) is 1. The predicted molar refractivity (Wildman–Crippen MR) is 116 cm³/mol. The molecule has 1 atom stereocenters. The van der Waals surface area contributed by atoms with Gasteiger partial charge in [-0.05, 0) is 36.6 Å². The first-order chi connectivity index (χ1) is 14.3. The first-order valence-electron chi connectivity index (χ1n) is 10.7. The highest BCUT2D eigenvalue weighted by Gasteiger charge is 2.27. The molecule has 3 heterocycles. The van der Waals surface area contributed by atoms with E-state index in [1.807, 2.05) is 29.3 Å². The average Bonchev–Trinajstić information content (AvgIpc) is 3.21. The minimum Gasteiger partial charge on any atom is -0.370 e. The quantitative estimate of drug-likeness (QED) is 0.781. The molecule has 0 saturated carbocycles. The summed E-state index contributed by atoms with van der Waals surface area (Å²) in [6.45, 7) is 8.02. The zero-order chi connectivity index (χ0) is 19.9. The van der Waals surface area contributed by atoms with E-state index in [2.05, 4.69) is 50.4 Å². The number of amides is 1. The van der Waals surface area contributed by atoms with Crippen molar-refractivity contribution in [2.24, 2.45) is 5.92 Å². The smallest absolute Gasteiger partial charge is 0.236 e. The van der Waals surface area contributed by atoms with E-state index in [0.29, 0.717) is 12.5 Å². The summed E-state index contributed by atoms with van der Waals surface area (Å²) in [5.74, 6) is 1.78. The number of nitrogens with zero attached hydrogens (tertiary/aromatic N) is 4. The molecule has 6 nitrogen and oxygen atoms in total. The molecule has 2 aliphatic rings. The molecule has 0 spiro atoms. The van der Waals surface area contributed by atoms with Gasteiger partial charge in [-0.25, -0.2) is 4.98 Å². The van der Waals surface area contributed by atoms with E-state index in [-0.39, 0.29) is 5.91 Å². The average molecular weight is 394 g/mol. The third kappa shape index (κ3) is 5.78. The molecule has 2 aliphatic heterocycles. The second-order valence-corrected chi connectivity index (χ2v) is 8.13. The summed E-state index contributed by atoms with van der Waals surface area (Å²) in [5.41, 5.74) is 1.34. The Bertz CT molecular complexity index is 761. The second kappa shape index (κ2) is 9.85. The molecule has 0 bridgehead atoms. The largest absolute Gasteiger partial charge is 0.370 e. The maximum atomic E-state index is 12.7. The number of aromatic nitrogens is 1. The highest BCUT2D eigenvalue weighted by Crippen LogP contribution is 2.17. The number of hydrogen-bond donors (Lipinski definition) is 1. The van der Waals surface area contributed by atoms with Crippen molar-refractivity contribution in [2.45, 2.75) is 13.0 Å². The summed E-state index contributed by atoms with van der Waals surface area (Å²) in [4.78, 5) is 23.8. The van der Waals surface area contributed by atoms with Crippen LogP contribution in [0.4, 0.5) is 5.82 Å². The lowest BCUT2D eigenvalue weighted by atomic mass is 10.1. The Balaban J connectivity index is 1.16. The summed E-state index contributed by atoms with van der Waals surface area (Å²) in [6, 6.07) is 16.5. The number of benzene rings is 1. The van der Waals surface area contributed by atoms with Crippen LogP contribution in [0.2, 0.25) is 0 Å². The van der Waals surface area contributed by atoms with Gasteiger partial charge in [-0.1, -0.05) is 36.4 Å². The van der Waals surface area contributed by atoms with Crippen LogP contribution in [0.15, 0.2) is 54.7 Å². The first-order valence-corrected chi connectivity index (χ1v) is 10.7. The minimum absolute atomic E-state index is 0.280. The highest BCUT2D eigenvalue weighted by molar-refractivity contribution is 5.78. The van der Waals surface area contributed by atoms with Crippen LogP contribution in [0.25, 0.3) is 0 Å². The third-order valence-electron chi connectivity index (χ3n) is 5.94. The standard InChI is InChI=1S/C23H31N5O/c29-23(28-14-12-26(13-15-28)17-20-6-2-1-3-7-20)19-27-11-9-21(18-27)16-25-22-8-4-5-10-24-22/h1-8,10,21H,9,11-19H2,(H,24,25). The Morgan fingerprint density at radius 2 is 1.76 bits per heavy atom. The molecule has 1 aromatic heterocycles. The molecular formula is C23H31N5O. The second-order valence-electron chi connectivity index (χ2n) is 8.13. The predicted octanol–water partition coefficient (Wildman–Crippen LogP) is 2.16. The van der Waals surface area contributed by atoms with Crippen molar-refractivity contribution in [3.63, 3.8) is 0 Å². The lowest BCUT2D eigenvalue weighted by Gasteiger charge is -2.35. The molecule has 2 aromatic rings. The van der Waals surface area contributed by atoms with Gasteiger partial charge in [0.05, 0.1) is 6.54 Å². The molecule has 4 rings (SSSR count). The number of nitrogens with one attached hydrogen (secondary N) is 1. The Kier molecular flexibility index (Phi) is 6.75. The molecule has 2 fully saturated rings. The van der Waals surface area contributed by atoms with Crippen molar-refractivity contribution in [3.05, 3.63) is 60.3 Å². The fraction of sp³-hybridized carbons (Fsp3) is 0.478. The molecular weight excluding hydrogens is 362 g/mol. The van der Waals surface area contributed by atoms with Crippen LogP contribution < -0.4 is 5.32 Å². The van der Waals surface area contributed by atoms with Gasteiger partial charge in [-0.15, -0.1) is 0 Å². The molecule has 6 heteroatoms. The van der Waals surface area contributed by atoms with Crippen LogP contribution in [0.5, 0.6) is 0 Å². The Morgan fingerprint density at radius 1 is 0.966 bits per heavy atom. The number of carbonyl (C=O) groups excluding carboxylic acids is 1. The van der Waals surface area contributed by atoms with Crippen molar-refractivity contribution in [1.29, 1.82) is 0 Å². The van der Waals surface area contributed by atoms with Crippen LogP contribution in [-0.2, 0) is 11.3 Å². The molecule has 1 N–H and O–H groups in total. The summed E-state index contributed by atoms with van der Waals surface area (Å²) in [5, 5.41) is 3.41. The fourth-order valence-corrected chi connectivity index (χ4v) is 4.23. The Labute approximate surface area is 173 Å². The highest BCUT2D eigenvalue weighted by atomic mass is 16.2. The van der Waals surface area contributed by atoms with Gasteiger partial charge in [0.15, 0.2) is 0 Å². The zero-order valence-electron chi connectivity index (χ0n) is 17.0. The number of hydrogen-bond acceptors (Lipinski definition) is 5. The van der Waals surface area contributed by atoms with Gasteiger partial charge in [0.25, 0.3) is 0 Å². The van der Waals surface area contributed by atoms with Crippen molar-refractivity contribution < 1.29 is 4.79 Å². The van der Waals surface area contributed by atoms with Gasteiger partial charge in [0.2, 0.25) is 5.91 Å². The lowest BCUT2D eigenvalue weighted by molar-refractivity contribution is -0.134. The number of piperazine rings is 1. The van der Waals surface area contributed by atoms with Gasteiger partial charge in [-0.3, -0.25) is 14.6 Å². The van der Waals surface area contributed by atoms with Gasteiger partial charge < -0.3 is 10.2 Å². The Morgan fingerprint density at radius 3 is 2.52 bits per heavy atom. The number of pyridine rings is 1. The van der Waals surface area contributed by atoms with Crippen LogP contribution in [-0.4, -0.2) is 77.9 Å². The summed E-state index contributed by atoms with van der Waals surface area (Å²) >= 11 is 0. The summed E-state index contributed by atoms with van der Waals surface area (Å²) < 4.78 is 0. The van der Waals surface area contributed by atoms with Gasteiger partial charge in [0.1, 0.15) is 5.82 Å². The van der Waals surface area contributed by atoms with Crippen LogP contribution in [0, 0.1) is 5.92 Å². The van der Waals surface area contributed by atoms with E-state index < -0.39 is 0 Å². The molecule has 154 valence electrons. The van der Waals surface area contributed by atoms with E-state index in [1.165, 1.54) is 5.56 Å². The Hall–Kier alpha value is -2.44. The molecule has 2 saturated heterocycles. The first kappa shape index (κ1) is 19.9. The van der Waals surface area contributed by atoms with E-state index >= 15 is 0 Å². The van der Waals surface area contributed by atoms with E-state index in [1.54, 1.807) is 0 Å². The number of anilines is 1. The molecule has 1 aromatic carbocycles. The molecule has 29 heavy (non-hydrogen) atoms. The summed E-state index contributed by atoms with van der Waals surface area (Å²) in [6.07, 6.45) is 2.94. The topological polar surface area (TPSA) is 51.7 Å². The van der Waals surface area contributed by atoms with Crippen molar-refractivity contribution >= 4 is 11.7 Å². The lowest BCUT2D eigenvalue weighted by Crippen LogP contribution is -2.50. The van der Waals surface area contributed by atoms with Gasteiger partial charge >= 0.3 is 0 Å². The SMILES string of the molecule is O=C(CN1CCC(CNc2ccccn2)C1)N1CCN(Cc2ccccc2)CC1. The molecule has 0 aliphatic carbocycles. The van der Waals surface area contributed by atoms with Crippen LogP contribution in [0.1, 0.15) is 12.0 Å². The maximum absolute atomic E-state index is 12.7.